The van der Waals surface area contributed by atoms with Gasteiger partial charge in [0.1, 0.15) is 17.4 Å². The first-order valence-electron chi connectivity index (χ1n) is 8.16. The Hall–Kier alpha value is -3.92. The molecule has 0 bridgehead atoms. The molecule has 1 heterocycles. The number of H-pyrrole nitrogens is 1. The summed E-state index contributed by atoms with van der Waals surface area (Å²) in [6.45, 7) is 1.94. The van der Waals surface area contributed by atoms with Gasteiger partial charge in [0.2, 0.25) is 5.95 Å². The number of hydrogen-bond acceptors (Lipinski definition) is 6. The number of aromatic nitrogens is 2. The zero-order valence-electron chi connectivity index (χ0n) is 14.9. The van der Waals surface area contributed by atoms with Crippen LogP contribution in [-0.4, -0.2) is 23.3 Å². The maximum Gasteiger partial charge on any atom is 0.270 e. The number of nitrogens with one attached hydrogen (secondary N) is 2. The maximum absolute atomic E-state index is 12.2. The maximum atomic E-state index is 12.2. The van der Waals surface area contributed by atoms with Crippen molar-refractivity contribution in [1.29, 1.82) is 5.26 Å². The summed E-state index contributed by atoms with van der Waals surface area (Å²) in [5, 5.41) is 13.4. The Morgan fingerprint density at radius 3 is 2.70 bits per heavy atom. The van der Waals surface area contributed by atoms with Crippen LogP contribution in [0.4, 0.5) is 5.95 Å². The number of benzene rings is 2. The molecule has 3 aromatic rings. The van der Waals surface area contributed by atoms with Gasteiger partial charge in [-0.1, -0.05) is 30.3 Å². The summed E-state index contributed by atoms with van der Waals surface area (Å²) in [5.41, 5.74) is 5.02. The van der Waals surface area contributed by atoms with Crippen LogP contribution in [0.5, 0.6) is 5.75 Å². The van der Waals surface area contributed by atoms with E-state index in [1.165, 1.54) is 0 Å². The lowest BCUT2D eigenvalue weighted by atomic mass is 10.1. The molecule has 7 heteroatoms. The largest absolute Gasteiger partial charge is 0.497 e. The molecule has 27 heavy (non-hydrogen) atoms. The van der Waals surface area contributed by atoms with E-state index >= 15 is 0 Å². The van der Waals surface area contributed by atoms with Crippen LogP contribution in [0.25, 0.3) is 11.3 Å². The summed E-state index contributed by atoms with van der Waals surface area (Å²) in [4.78, 5) is 19.1. The van der Waals surface area contributed by atoms with Crippen molar-refractivity contribution in [3.8, 4) is 23.1 Å². The first-order valence-corrected chi connectivity index (χ1v) is 8.16. The fraction of sp³-hybridized carbons (Fsp3) is 0.100. The molecule has 2 N–H and O–H groups in total. The fourth-order valence-corrected chi connectivity index (χ4v) is 2.52. The van der Waals surface area contributed by atoms with Gasteiger partial charge in [0.25, 0.3) is 5.56 Å². The lowest BCUT2D eigenvalue weighted by molar-refractivity contribution is 0.414. The Morgan fingerprint density at radius 2 is 2.04 bits per heavy atom. The van der Waals surface area contributed by atoms with Crippen LogP contribution < -0.4 is 15.7 Å². The fourth-order valence-electron chi connectivity index (χ4n) is 2.52. The molecule has 0 aliphatic heterocycles. The number of nitriles is 1. The zero-order valence-corrected chi connectivity index (χ0v) is 14.9. The predicted molar refractivity (Wildman–Crippen MR) is 104 cm³/mol. The number of hydrazone groups is 1. The van der Waals surface area contributed by atoms with Crippen molar-refractivity contribution in [3.63, 3.8) is 0 Å². The molecule has 0 radical (unpaired) electrons. The first kappa shape index (κ1) is 17.9. The van der Waals surface area contributed by atoms with Gasteiger partial charge in [-0.2, -0.15) is 10.4 Å². The molecule has 134 valence electrons. The third-order valence-corrected chi connectivity index (χ3v) is 3.93. The number of nitrogens with zero attached hydrogens (tertiary/aromatic N) is 3. The number of ether oxygens (including phenoxy) is 1. The van der Waals surface area contributed by atoms with Crippen molar-refractivity contribution < 1.29 is 4.74 Å². The number of methoxy groups -OCH3 is 1. The molecule has 2 aromatic carbocycles. The van der Waals surface area contributed by atoms with Gasteiger partial charge in [0.15, 0.2) is 0 Å². The summed E-state index contributed by atoms with van der Waals surface area (Å²) in [7, 11) is 1.61. The normalized spacial score (nSPS) is 10.6. The molecule has 7 nitrogen and oxygen atoms in total. The second-order valence-electron chi connectivity index (χ2n) is 5.71. The average molecular weight is 359 g/mol. The van der Waals surface area contributed by atoms with E-state index in [9.17, 15) is 10.1 Å². The Labute approximate surface area is 156 Å². The molecule has 0 aliphatic rings. The van der Waals surface area contributed by atoms with Crippen molar-refractivity contribution in [2.45, 2.75) is 6.92 Å². The Kier molecular flexibility index (Phi) is 5.28. The third-order valence-electron chi connectivity index (χ3n) is 3.93. The second-order valence-corrected chi connectivity index (χ2v) is 5.71. The number of rotatable bonds is 5. The van der Waals surface area contributed by atoms with E-state index < -0.39 is 5.56 Å². The lowest BCUT2D eigenvalue weighted by Crippen LogP contribution is -2.16. The zero-order chi connectivity index (χ0) is 19.2. The van der Waals surface area contributed by atoms with Gasteiger partial charge in [-0.15, -0.1) is 0 Å². The van der Waals surface area contributed by atoms with Gasteiger partial charge in [-0.3, -0.25) is 9.78 Å². The van der Waals surface area contributed by atoms with E-state index in [1.54, 1.807) is 25.5 Å². The molecule has 0 fully saturated rings. The van der Waals surface area contributed by atoms with E-state index in [1.807, 2.05) is 49.4 Å². The van der Waals surface area contributed by atoms with Crippen molar-refractivity contribution >= 4 is 12.2 Å². The molecule has 0 saturated carbocycles. The number of aromatic amines is 1. The summed E-state index contributed by atoms with van der Waals surface area (Å²) in [6, 6.07) is 16.6. The van der Waals surface area contributed by atoms with E-state index in [-0.39, 0.29) is 11.5 Å². The lowest BCUT2D eigenvalue weighted by Gasteiger charge is -2.06. The van der Waals surface area contributed by atoms with Gasteiger partial charge in [0, 0.05) is 5.56 Å². The second kappa shape index (κ2) is 7.97. The van der Waals surface area contributed by atoms with E-state index in [0.717, 1.165) is 16.9 Å². The minimum absolute atomic E-state index is 0.0401. The highest BCUT2D eigenvalue weighted by Crippen LogP contribution is 2.19. The Morgan fingerprint density at radius 1 is 1.26 bits per heavy atom. The number of aryl methyl sites for hydroxylation is 1. The van der Waals surface area contributed by atoms with Crippen LogP contribution in [-0.2, 0) is 0 Å². The van der Waals surface area contributed by atoms with Crippen molar-refractivity contribution in [2.24, 2.45) is 5.10 Å². The summed E-state index contributed by atoms with van der Waals surface area (Å²) in [6.07, 6.45) is 1.62. The molecule has 0 unspecified atom stereocenters. The first-order chi connectivity index (χ1) is 13.1. The highest BCUT2D eigenvalue weighted by Gasteiger charge is 2.12. The van der Waals surface area contributed by atoms with Crippen LogP contribution in [0, 0.1) is 18.3 Å². The van der Waals surface area contributed by atoms with Gasteiger partial charge in [-0.05, 0) is 36.2 Å². The summed E-state index contributed by atoms with van der Waals surface area (Å²) in [5.74, 6) is 0.920. The molecule has 0 aliphatic carbocycles. The molecule has 0 amide bonds. The van der Waals surface area contributed by atoms with E-state index in [2.05, 4.69) is 20.5 Å². The third kappa shape index (κ3) is 4.02. The Bertz CT molecular complexity index is 1080. The van der Waals surface area contributed by atoms with Crippen LogP contribution >= 0.6 is 0 Å². The van der Waals surface area contributed by atoms with Gasteiger partial charge in [0.05, 0.1) is 19.0 Å². The quantitative estimate of drug-likeness (QED) is 0.538. The van der Waals surface area contributed by atoms with E-state index in [4.69, 9.17) is 4.74 Å². The minimum Gasteiger partial charge on any atom is -0.497 e. The predicted octanol–water partition coefficient (Wildman–Crippen LogP) is 3.07. The van der Waals surface area contributed by atoms with Crippen molar-refractivity contribution in [2.75, 3.05) is 12.5 Å². The Balaban J connectivity index is 1.89. The van der Waals surface area contributed by atoms with Crippen molar-refractivity contribution in [3.05, 3.63) is 75.6 Å². The average Bonchev–Trinajstić information content (AvgIpc) is 2.69. The van der Waals surface area contributed by atoms with E-state index in [0.29, 0.717) is 11.3 Å². The minimum atomic E-state index is -0.523. The molecule has 0 saturated heterocycles. The van der Waals surface area contributed by atoms with Gasteiger partial charge in [-0.25, -0.2) is 10.4 Å². The molecule has 0 spiro atoms. The monoisotopic (exact) mass is 359 g/mol. The number of hydrogen-bond donors (Lipinski definition) is 2. The topological polar surface area (TPSA) is 103 Å². The molecular weight excluding hydrogens is 342 g/mol. The highest BCUT2D eigenvalue weighted by molar-refractivity contribution is 5.82. The summed E-state index contributed by atoms with van der Waals surface area (Å²) < 4.78 is 5.18. The van der Waals surface area contributed by atoms with Gasteiger partial charge >= 0.3 is 0 Å². The molecule has 3 rings (SSSR count). The highest BCUT2D eigenvalue weighted by atomic mass is 16.5. The number of anilines is 1. The van der Waals surface area contributed by atoms with Crippen LogP contribution in [0.1, 0.15) is 16.7 Å². The molecular formula is C20H17N5O2. The molecule has 0 atom stereocenters. The van der Waals surface area contributed by atoms with Crippen LogP contribution in [0.2, 0.25) is 0 Å². The SMILES string of the molecule is COc1ccc(C=NNc2nc(-c3ccccc3)c(C#N)c(=O)[nH]2)c(C)c1. The molecule has 1 aromatic heterocycles. The van der Waals surface area contributed by atoms with Crippen LogP contribution in [0.15, 0.2) is 58.4 Å². The standard InChI is InChI=1S/C20H17N5O2/c1-13-10-16(27-2)9-8-15(13)12-22-25-20-23-18(14-6-4-3-5-7-14)17(11-21)19(26)24-20/h3-10,12H,1-2H3,(H2,23,24,25,26). The van der Waals surface area contributed by atoms with Gasteiger partial charge < -0.3 is 4.74 Å². The van der Waals surface area contributed by atoms with Crippen molar-refractivity contribution in [1.82, 2.24) is 9.97 Å². The smallest absolute Gasteiger partial charge is 0.270 e. The van der Waals surface area contributed by atoms with Crippen LogP contribution in [0.3, 0.4) is 0 Å². The summed E-state index contributed by atoms with van der Waals surface area (Å²) >= 11 is 0.